The molecule has 6 heteroatoms. The van der Waals surface area contributed by atoms with Crippen molar-refractivity contribution in [2.45, 2.75) is 6.92 Å². The Morgan fingerprint density at radius 2 is 2.24 bits per heavy atom. The molecule has 1 rings (SSSR count). The van der Waals surface area contributed by atoms with Gasteiger partial charge in [-0.25, -0.2) is 9.78 Å². The van der Waals surface area contributed by atoms with Crippen molar-refractivity contribution >= 4 is 17.6 Å². The van der Waals surface area contributed by atoms with Gasteiger partial charge in [0.05, 0.1) is 6.54 Å². The van der Waals surface area contributed by atoms with E-state index in [1.54, 1.807) is 18.0 Å². The summed E-state index contributed by atoms with van der Waals surface area (Å²) in [6.45, 7) is 2.65. The van der Waals surface area contributed by atoms with Crippen LogP contribution >= 0.6 is 0 Å². The second-order valence-electron chi connectivity index (χ2n) is 3.50. The molecule has 2 N–H and O–H groups in total. The van der Waals surface area contributed by atoms with Crippen molar-refractivity contribution in [3.63, 3.8) is 0 Å². The van der Waals surface area contributed by atoms with E-state index in [1.807, 2.05) is 6.92 Å². The van der Waals surface area contributed by atoms with Crippen LogP contribution in [0.4, 0.5) is 5.69 Å². The van der Waals surface area contributed by atoms with Crippen LogP contribution in [0, 0.1) is 0 Å². The average Bonchev–Trinajstić information content (AvgIpc) is 2.35. The highest BCUT2D eigenvalue weighted by atomic mass is 16.4. The molecule has 0 fully saturated rings. The Labute approximate surface area is 99.3 Å². The van der Waals surface area contributed by atoms with Crippen molar-refractivity contribution in [1.29, 1.82) is 0 Å². The highest BCUT2D eigenvalue weighted by Crippen LogP contribution is 2.07. The number of carbonyl (C=O) groups excluding carboxylic acids is 1. The number of likely N-dealkylation sites (N-methyl/N-ethyl adjacent to an activating group) is 1. The van der Waals surface area contributed by atoms with E-state index >= 15 is 0 Å². The summed E-state index contributed by atoms with van der Waals surface area (Å²) < 4.78 is 0. The molecule has 17 heavy (non-hydrogen) atoms. The van der Waals surface area contributed by atoms with Crippen LogP contribution in [0.15, 0.2) is 18.3 Å². The van der Waals surface area contributed by atoms with Crippen molar-refractivity contribution in [2.75, 3.05) is 25.5 Å². The largest absolute Gasteiger partial charge is 0.477 e. The summed E-state index contributed by atoms with van der Waals surface area (Å²) in [6.07, 6.45) is 1.39. The highest BCUT2D eigenvalue weighted by Gasteiger charge is 2.08. The molecule has 0 atom stereocenters. The molecule has 6 nitrogen and oxygen atoms in total. The molecular weight excluding hydrogens is 222 g/mol. The number of carboxylic acids is 1. The number of nitrogens with one attached hydrogen (secondary N) is 1. The van der Waals surface area contributed by atoms with Crippen molar-refractivity contribution in [3.8, 4) is 0 Å². The zero-order valence-corrected chi connectivity index (χ0v) is 9.80. The number of carboxylic acid groups (broad SMARTS) is 1. The van der Waals surface area contributed by atoms with E-state index in [1.165, 1.54) is 12.3 Å². The molecule has 0 saturated carbocycles. The van der Waals surface area contributed by atoms with Crippen LogP contribution in [-0.4, -0.2) is 47.0 Å². The third kappa shape index (κ3) is 3.75. The summed E-state index contributed by atoms with van der Waals surface area (Å²) in [5.41, 5.74) is 0.515. The molecule has 0 bridgehead atoms. The molecule has 92 valence electrons. The lowest BCUT2D eigenvalue weighted by molar-refractivity contribution is -0.127. The van der Waals surface area contributed by atoms with Crippen molar-refractivity contribution in [3.05, 3.63) is 24.0 Å². The maximum atomic E-state index is 11.5. The number of amides is 1. The van der Waals surface area contributed by atoms with Gasteiger partial charge >= 0.3 is 5.97 Å². The molecule has 1 aromatic rings. The number of anilines is 1. The molecule has 0 aromatic carbocycles. The monoisotopic (exact) mass is 237 g/mol. The number of aromatic carboxylic acids is 1. The van der Waals surface area contributed by atoms with E-state index in [0.29, 0.717) is 12.2 Å². The Bertz CT molecular complexity index is 420. The predicted molar refractivity (Wildman–Crippen MR) is 63.0 cm³/mol. The quantitative estimate of drug-likeness (QED) is 0.786. The Morgan fingerprint density at radius 1 is 1.53 bits per heavy atom. The van der Waals surface area contributed by atoms with Gasteiger partial charge < -0.3 is 15.3 Å². The molecule has 0 radical (unpaired) electrons. The number of rotatable bonds is 5. The number of hydrogen-bond acceptors (Lipinski definition) is 4. The highest BCUT2D eigenvalue weighted by molar-refractivity contribution is 5.87. The minimum absolute atomic E-state index is 0.0497. The lowest BCUT2D eigenvalue weighted by atomic mass is 10.3. The normalized spacial score (nSPS) is 9.76. The second kappa shape index (κ2) is 5.83. The van der Waals surface area contributed by atoms with Crippen LogP contribution in [0.25, 0.3) is 0 Å². The molecule has 1 heterocycles. The second-order valence-corrected chi connectivity index (χ2v) is 3.50. The van der Waals surface area contributed by atoms with Gasteiger partial charge in [-0.15, -0.1) is 0 Å². The summed E-state index contributed by atoms with van der Waals surface area (Å²) in [5, 5.41) is 11.6. The van der Waals surface area contributed by atoms with E-state index in [0.717, 1.165) is 0 Å². The van der Waals surface area contributed by atoms with Gasteiger partial charge in [-0.05, 0) is 19.1 Å². The predicted octanol–water partition coefficient (Wildman–Crippen LogP) is 0.670. The third-order valence-corrected chi connectivity index (χ3v) is 2.32. The SMILES string of the molecule is CCN(C)C(=O)CNc1ccnc(C(=O)O)c1. The molecule has 1 amide bonds. The Hall–Kier alpha value is -2.11. The summed E-state index contributed by atoms with van der Waals surface area (Å²) in [7, 11) is 1.71. The minimum atomic E-state index is -1.09. The molecule has 1 aromatic heterocycles. The fourth-order valence-corrected chi connectivity index (χ4v) is 1.15. The van der Waals surface area contributed by atoms with Gasteiger partial charge in [-0.1, -0.05) is 0 Å². The number of pyridine rings is 1. The fraction of sp³-hybridized carbons (Fsp3) is 0.364. The summed E-state index contributed by atoms with van der Waals surface area (Å²) in [4.78, 5) is 27.4. The van der Waals surface area contributed by atoms with Crippen LogP contribution in [0.1, 0.15) is 17.4 Å². The smallest absolute Gasteiger partial charge is 0.354 e. The van der Waals surface area contributed by atoms with Crippen LogP contribution < -0.4 is 5.32 Å². The third-order valence-electron chi connectivity index (χ3n) is 2.32. The molecule has 0 unspecified atom stereocenters. The lowest BCUT2D eigenvalue weighted by Crippen LogP contribution is -2.31. The van der Waals surface area contributed by atoms with Crippen LogP contribution in [-0.2, 0) is 4.79 Å². The fourth-order valence-electron chi connectivity index (χ4n) is 1.15. The Balaban J connectivity index is 2.60. The van der Waals surface area contributed by atoms with Gasteiger partial charge in [0.1, 0.15) is 5.69 Å². The van der Waals surface area contributed by atoms with Crippen molar-refractivity contribution < 1.29 is 14.7 Å². The van der Waals surface area contributed by atoms with E-state index in [9.17, 15) is 9.59 Å². The Morgan fingerprint density at radius 3 is 2.82 bits per heavy atom. The van der Waals surface area contributed by atoms with Crippen LogP contribution in [0.5, 0.6) is 0 Å². The number of nitrogens with zero attached hydrogens (tertiary/aromatic N) is 2. The van der Waals surface area contributed by atoms with Crippen molar-refractivity contribution in [2.24, 2.45) is 0 Å². The lowest BCUT2D eigenvalue weighted by Gasteiger charge is -2.15. The maximum Gasteiger partial charge on any atom is 0.354 e. The van der Waals surface area contributed by atoms with Crippen LogP contribution in [0.3, 0.4) is 0 Å². The number of hydrogen-bond donors (Lipinski definition) is 2. The Kier molecular flexibility index (Phi) is 4.45. The zero-order valence-electron chi connectivity index (χ0n) is 9.80. The van der Waals surface area contributed by atoms with Gasteiger partial charge in [0, 0.05) is 25.5 Å². The van der Waals surface area contributed by atoms with E-state index in [2.05, 4.69) is 10.3 Å². The molecule has 0 aliphatic rings. The topological polar surface area (TPSA) is 82.5 Å². The first-order chi connectivity index (χ1) is 8.04. The summed E-state index contributed by atoms with van der Waals surface area (Å²) in [6, 6.07) is 3.01. The van der Waals surface area contributed by atoms with E-state index in [4.69, 9.17) is 5.11 Å². The standard InChI is InChI=1S/C11H15N3O3/c1-3-14(2)10(15)7-13-8-4-5-12-9(6-8)11(16)17/h4-6H,3,7H2,1-2H3,(H,12,13)(H,16,17). The first-order valence-electron chi connectivity index (χ1n) is 5.21. The first-order valence-corrected chi connectivity index (χ1v) is 5.21. The molecular formula is C11H15N3O3. The number of aromatic nitrogens is 1. The number of carbonyl (C=O) groups is 2. The molecule has 0 saturated heterocycles. The molecule has 0 spiro atoms. The van der Waals surface area contributed by atoms with Gasteiger partial charge in [0.2, 0.25) is 5.91 Å². The summed E-state index contributed by atoms with van der Waals surface area (Å²) in [5.74, 6) is -1.15. The zero-order chi connectivity index (χ0) is 12.8. The molecule has 0 aliphatic heterocycles. The first kappa shape index (κ1) is 13.0. The van der Waals surface area contributed by atoms with Gasteiger partial charge in [0.15, 0.2) is 0 Å². The van der Waals surface area contributed by atoms with E-state index in [-0.39, 0.29) is 18.1 Å². The van der Waals surface area contributed by atoms with Gasteiger partial charge in [-0.2, -0.15) is 0 Å². The van der Waals surface area contributed by atoms with Crippen molar-refractivity contribution in [1.82, 2.24) is 9.88 Å². The van der Waals surface area contributed by atoms with Gasteiger partial charge in [0.25, 0.3) is 0 Å². The average molecular weight is 237 g/mol. The minimum Gasteiger partial charge on any atom is -0.477 e. The maximum absolute atomic E-state index is 11.5. The van der Waals surface area contributed by atoms with Crippen LogP contribution in [0.2, 0.25) is 0 Å². The molecule has 0 aliphatic carbocycles. The van der Waals surface area contributed by atoms with E-state index < -0.39 is 5.97 Å². The summed E-state index contributed by atoms with van der Waals surface area (Å²) >= 11 is 0. The van der Waals surface area contributed by atoms with Gasteiger partial charge in [-0.3, -0.25) is 4.79 Å².